The Labute approximate surface area is 196 Å². The lowest BCUT2D eigenvalue weighted by molar-refractivity contribution is -0.384. The number of methoxy groups -OCH3 is 1. The number of carbonyl (C=O) groups excluding carboxylic acids is 2. The summed E-state index contributed by atoms with van der Waals surface area (Å²) in [6.07, 6.45) is 1.54. The molecule has 3 rings (SSSR count). The molecule has 1 heterocycles. The van der Waals surface area contributed by atoms with E-state index in [4.69, 9.17) is 9.15 Å². The van der Waals surface area contributed by atoms with Crippen molar-refractivity contribution in [2.45, 2.75) is 13.1 Å². The Morgan fingerprint density at radius 2 is 1.74 bits per heavy atom. The van der Waals surface area contributed by atoms with E-state index in [1.165, 1.54) is 36.3 Å². The maximum Gasteiger partial charge on any atom is 0.322 e. The smallest absolute Gasteiger partial charge is 0.322 e. The number of nitro groups is 1. The highest BCUT2D eigenvalue weighted by atomic mass is 16.6. The summed E-state index contributed by atoms with van der Waals surface area (Å²) in [5.41, 5.74) is 1.24. The average molecular weight is 466 g/mol. The topological polar surface area (TPSA) is 118 Å². The number of nitro benzene ring substituents is 1. The Balaban J connectivity index is 1.72. The highest BCUT2D eigenvalue weighted by molar-refractivity contribution is 5.92. The number of urea groups is 1. The normalized spacial score (nSPS) is 10.5. The molecule has 0 saturated heterocycles. The Morgan fingerprint density at radius 3 is 2.35 bits per heavy atom. The van der Waals surface area contributed by atoms with E-state index >= 15 is 0 Å². The van der Waals surface area contributed by atoms with Gasteiger partial charge in [-0.3, -0.25) is 14.9 Å². The van der Waals surface area contributed by atoms with Crippen LogP contribution in [0.1, 0.15) is 11.3 Å². The molecule has 34 heavy (non-hydrogen) atoms. The van der Waals surface area contributed by atoms with Crippen LogP contribution in [-0.4, -0.2) is 53.5 Å². The molecule has 0 aliphatic heterocycles. The number of rotatable bonds is 11. The fraction of sp³-hybridized carbons (Fsp3) is 0.250. The number of nitrogens with one attached hydrogen (secondary N) is 1. The van der Waals surface area contributed by atoms with Crippen LogP contribution in [-0.2, 0) is 22.6 Å². The van der Waals surface area contributed by atoms with Gasteiger partial charge in [0, 0.05) is 38.0 Å². The number of anilines is 1. The third-order valence-electron chi connectivity index (χ3n) is 5.00. The molecule has 0 radical (unpaired) electrons. The van der Waals surface area contributed by atoms with Crippen LogP contribution in [0.3, 0.4) is 0 Å². The van der Waals surface area contributed by atoms with Gasteiger partial charge < -0.3 is 24.3 Å². The minimum absolute atomic E-state index is 0.0844. The Hall–Kier alpha value is -4.18. The summed E-state index contributed by atoms with van der Waals surface area (Å²) in [6.45, 7) is 0.833. The Morgan fingerprint density at radius 1 is 1.00 bits per heavy atom. The van der Waals surface area contributed by atoms with E-state index < -0.39 is 11.0 Å². The van der Waals surface area contributed by atoms with Crippen molar-refractivity contribution in [2.24, 2.45) is 0 Å². The van der Waals surface area contributed by atoms with Crippen molar-refractivity contribution >= 4 is 23.3 Å². The molecule has 0 bridgehead atoms. The molecule has 10 nitrogen and oxygen atoms in total. The Kier molecular flexibility index (Phi) is 8.75. The summed E-state index contributed by atoms with van der Waals surface area (Å²) in [4.78, 5) is 39.5. The van der Waals surface area contributed by atoms with E-state index in [2.05, 4.69) is 5.32 Å². The molecule has 0 atom stereocenters. The molecule has 2 aromatic carbocycles. The lowest BCUT2D eigenvalue weighted by Crippen LogP contribution is -2.45. The molecule has 0 saturated carbocycles. The lowest BCUT2D eigenvalue weighted by atomic mass is 10.2. The van der Waals surface area contributed by atoms with Crippen molar-refractivity contribution < 1.29 is 23.7 Å². The van der Waals surface area contributed by atoms with E-state index in [1.54, 1.807) is 23.3 Å². The molecule has 1 aromatic heterocycles. The summed E-state index contributed by atoms with van der Waals surface area (Å²) >= 11 is 0. The van der Waals surface area contributed by atoms with Crippen LogP contribution in [0.4, 0.5) is 16.2 Å². The Bertz CT molecular complexity index is 1070. The largest absolute Gasteiger partial charge is 0.467 e. The maximum absolute atomic E-state index is 13.3. The van der Waals surface area contributed by atoms with E-state index in [0.29, 0.717) is 18.0 Å². The summed E-state index contributed by atoms with van der Waals surface area (Å²) < 4.78 is 10.5. The van der Waals surface area contributed by atoms with Crippen LogP contribution in [0, 0.1) is 10.1 Å². The summed E-state index contributed by atoms with van der Waals surface area (Å²) in [5, 5.41) is 13.5. The minimum Gasteiger partial charge on any atom is -0.467 e. The van der Waals surface area contributed by atoms with Crippen LogP contribution < -0.4 is 5.32 Å². The van der Waals surface area contributed by atoms with Crippen LogP contribution in [0.5, 0.6) is 0 Å². The average Bonchev–Trinajstić information content (AvgIpc) is 3.35. The second kappa shape index (κ2) is 12.2. The van der Waals surface area contributed by atoms with Crippen molar-refractivity contribution in [1.29, 1.82) is 0 Å². The zero-order valence-electron chi connectivity index (χ0n) is 18.8. The first kappa shape index (κ1) is 24.5. The summed E-state index contributed by atoms with van der Waals surface area (Å²) in [5.74, 6) is 0.359. The van der Waals surface area contributed by atoms with E-state index in [0.717, 1.165) is 5.56 Å². The fourth-order valence-corrected chi connectivity index (χ4v) is 3.21. The van der Waals surface area contributed by atoms with E-state index in [9.17, 15) is 19.7 Å². The van der Waals surface area contributed by atoms with Crippen molar-refractivity contribution in [3.8, 4) is 0 Å². The minimum atomic E-state index is -0.518. The number of benzene rings is 2. The standard InChI is InChI=1S/C24H26N4O6/c1-33-15-13-26(24(30)25-20-9-11-21(12-10-20)28(31)32)18-23(29)27(17-22-8-5-14-34-22)16-19-6-3-2-4-7-19/h2-12,14H,13,15-18H2,1H3,(H,25,30). The monoisotopic (exact) mass is 466 g/mol. The van der Waals surface area contributed by atoms with Gasteiger partial charge in [0.25, 0.3) is 5.69 Å². The van der Waals surface area contributed by atoms with Crippen molar-refractivity contribution in [1.82, 2.24) is 9.80 Å². The third kappa shape index (κ3) is 7.17. The zero-order valence-corrected chi connectivity index (χ0v) is 18.8. The molecular formula is C24H26N4O6. The molecular weight excluding hydrogens is 440 g/mol. The van der Waals surface area contributed by atoms with Crippen molar-refractivity contribution in [3.63, 3.8) is 0 Å². The number of furan rings is 1. The van der Waals surface area contributed by atoms with Crippen LogP contribution in [0.15, 0.2) is 77.4 Å². The number of hydrogen-bond donors (Lipinski definition) is 1. The molecule has 0 aliphatic carbocycles. The zero-order chi connectivity index (χ0) is 24.3. The first-order valence-corrected chi connectivity index (χ1v) is 10.6. The van der Waals surface area contributed by atoms with Gasteiger partial charge in [-0.15, -0.1) is 0 Å². The molecule has 10 heteroatoms. The van der Waals surface area contributed by atoms with Crippen LogP contribution >= 0.6 is 0 Å². The van der Waals surface area contributed by atoms with Gasteiger partial charge in [-0.1, -0.05) is 30.3 Å². The second-order valence-electron chi connectivity index (χ2n) is 7.46. The predicted molar refractivity (Wildman–Crippen MR) is 125 cm³/mol. The number of non-ortho nitro benzene ring substituents is 1. The van der Waals surface area contributed by atoms with Crippen molar-refractivity contribution in [2.75, 3.05) is 32.1 Å². The summed E-state index contributed by atoms with van der Waals surface area (Å²) in [7, 11) is 1.51. The quantitative estimate of drug-likeness (QED) is 0.338. The maximum atomic E-state index is 13.3. The van der Waals surface area contributed by atoms with E-state index in [1.807, 2.05) is 30.3 Å². The van der Waals surface area contributed by atoms with Gasteiger partial charge in [-0.25, -0.2) is 4.79 Å². The highest BCUT2D eigenvalue weighted by Gasteiger charge is 2.23. The van der Waals surface area contributed by atoms with Gasteiger partial charge in [0.1, 0.15) is 12.3 Å². The number of nitrogens with zero attached hydrogens (tertiary/aromatic N) is 3. The lowest BCUT2D eigenvalue weighted by Gasteiger charge is -2.27. The SMILES string of the molecule is COCCN(CC(=O)N(Cc1ccccc1)Cc1ccco1)C(=O)Nc1ccc([N+](=O)[O-])cc1. The van der Waals surface area contributed by atoms with Crippen LogP contribution in [0.2, 0.25) is 0 Å². The highest BCUT2D eigenvalue weighted by Crippen LogP contribution is 2.16. The van der Waals surface area contributed by atoms with E-state index in [-0.39, 0.29) is 37.8 Å². The van der Waals surface area contributed by atoms with Gasteiger partial charge in [0.2, 0.25) is 5.91 Å². The molecule has 178 valence electrons. The molecule has 3 aromatic rings. The molecule has 3 amide bonds. The number of carbonyl (C=O) groups is 2. The number of amides is 3. The first-order chi connectivity index (χ1) is 16.5. The molecule has 1 N–H and O–H groups in total. The first-order valence-electron chi connectivity index (χ1n) is 10.6. The van der Waals surface area contributed by atoms with Gasteiger partial charge in [-0.05, 0) is 29.8 Å². The molecule has 0 aliphatic rings. The van der Waals surface area contributed by atoms with Gasteiger partial charge in [-0.2, -0.15) is 0 Å². The van der Waals surface area contributed by atoms with Crippen molar-refractivity contribution in [3.05, 3.63) is 94.4 Å². The summed E-state index contributed by atoms with van der Waals surface area (Å²) in [6, 6.07) is 18.0. The molecule has 0 spiro atoms. The second-order valence-corrected chi connectivity index (χ2v) is 7.46. The van der Waals surface area contributed by atoms with Crippen LogP contribution in [0.25, 0.3) is 0 Å². The fourth-order valence-electron chi connectivity index (χ4n) is 3.21. The molecule has 0 fully saturated rings. The third-order valence-corrected chi connectivity index (χ3v) is 5.00. The predicted octanol–water partition coefficient (Wildman–Crippen LogP) is 3.90. The molecule has 0 unspecified atom stereocenters. The number of ether oxygens (including phenoxy) is 1. The van der Waals surface area contributed by atoms with Gasteiger partial charge in [0.15, 0.2) is 0 Å². The van der Waals surface area contributed by atoms with Gasteiger partial charge in [0.05, 0.1) is 24.3 Å². The van der Waals surface area contributed by atoms with Gasteiger partial charge >= 0.3 is 6.03 Å². The number of hydrogen-bond acceptors (Lipinski definition) is 6.